The molecule has 0 saturated carbocycles. The molecule has 0 radical (unpaired) electrons. The number of pyridine rings is 1. The van der Waals surface area contributed by atoms with Crippen molar-refractivity contribution in [2.24, 2.45) is 0 Å². The summed E-state index contributed by atoms with van der Waals surface area (Å²) < 4.78 is 11.0. The summed E-state index contributed by atoms with van der Waals surface area (Å²) in [5.41, 5.74) is 14.7. The third-order valence-corrected chi connectivity index (χ3v) is 9.64. The number of fused-ring (bicyclic) bond motifs is 12. The Hall–Kier alpha value is -6.26. The number of nitrogens with zero attached hydrogens (tertiary/aromatic N) is 3. The Balaban J connectivity index is 1.36. The van der Waals surface area contributed by atoms with E-state index in [1.165, 1.54) is 32.9 Å². The van der Waals surface area contributed by atoms with E-state index >= 15 is 0 Å². The van der Waals surface area contributed by atoms with Crippen LogP contribution in [0.1, 0.15) is 11.3 Å². The Morgan fingerprint density at radius 1 is 0.596 bits per heavy atom. The first-order chi connectivity index (χ1) is 23.3. The van der Waals surface area contributed by atoms with E-state index in [0.717, 1.165) is 50.6 Å². The van der Waals surface area contributed by atoms with Gasteiger partial charge in [-0.15, -0.1) is 0 Å². The smallest absolute Gasteiger partial charge is 0.233 e. The molecule has 220 valence electrons. The van der Waals surface area contributed by atoms with Gasteiger partial charge in [-0.05, 0) is 52.6 Å². The number of hydrogen-bond donors (Lipinski definition) is 0. The highest BCUT2D eigenvalue weighted by molar-refractivity contribution is 6.22. The quantitative estimate of drug-likeness (QED) is 0.184. The van der Waals surface area contributed by atoms with Gasteiger partial charge in [-0.1, -0.05) is 97.1 Å². The number of aromatic nitrogens is 2. The average Bonchev–Trinajstić information content (AvgIpc) is 3.48. The van der Waals surface area contributed by atoms with E-state index in [1.54, 1.807) is 6.26 Å². The summed E-state index contributed by atoms with van der Waals surface area (Å²) in [6.45, 7) is 0. The standard InChI is InChI=1S/C43H28N3O/c1-2-12-28(13-3-1)45-24-25-47-41-27-36-35(26-40(41)45)33-18-10-22-39(46-37-20-8-6-15-30(37)31-16-7-9-21-38(31)46)42(33)32-17-5-4-14-29(32)34-19-11-23-44-43(34)36/h1-27,41H/q+1. The van der Waals surface area contributed by atoms with Gasteiger partial charge in [-0.25, -0.2) is 0 Å². The fraction of sp³-hybridized carbons (Fsp3) is 0.0233. The van der Waals surface area contributed by atoms with Crippen LogP contribution in [0.2, 0.25) is 0 Å². The topological polar surface area (TPSA) is 30.1 Å². The lowest BCUT2D eigenvalue weighted by molar-refractivity contribution is -0.370. The molecule has 0 N–H and O–H groups in total. The third kappa shape index (κ3) is 3.82. The Morgan fingerprint density at radius 2 is 1.28 bits per heavy atom. The zero-order valence-electron chi connectivity index (χ0n) is 25.4. The van der Waals surface area contributed by atoms with Crippen LogP contribution in [0.5, 0.6) is 0 Å². The van der Waals surface area contributed by atoms with Gasteiger partial charge in [0.05, 0.1) is 22.4 Å². The van der Waals surface area contributed by atoms with Gasteiger partial charge < -0.3 is 9.30 Å². The molecular weight excluding hydrogens is 574 g/mol. The number of benzene rings is 5. The Morgan fingerprint density at radius 3 is 2.09 bits per heavy atom. The molecule has 1 unspecified atom stereocenters. The highest BCUT2D eigenvalue weighted by atomic mass is 16.5. The van der Waals surface area contributed by atoms with Crippen molar-refractivity contribution in [2.75, 3.05) is 0 Å². The van der Waals surface area contributed by atoms with Crippen LogP contribution in [0.25, 0.3) is 60.9 Å². The fourth-order valence-corrected chi connectivity index (χ4v) is 7.66. The third-order valence-electron chi connectivity index (χ3n) is 9.64. The predicted molar refractivity (Wildman–Crippen MR) is 191 cm³/mol. The van der Waals surface area contributed by atoms with Gasteiger partial charge in [-0.3, -0.25) is 4.98 Å². The van der Waals surface area contributed by atoms with E-state index in [-0.39, 0.29) is 6.10 Å². The van der Waals surface area contributed by atoms with Crippen molar-refractivity contribution in [3.8, 4) is 27.9 Å². The highest BCUT2D eigenvalue weighted by Gasteiger charge is 2.36. The van der Waals surface area contributed by atoms with Crippen molar-refractivity contribution < 1.29 is 9.31 Å². The number of rotatable bonds is 2. The molecule has 4 nitrogen and oxygen atoms in total. The SMILES string of the molecule is C1=C[N+](c2ccccc2)=C2C=C3C(=CC2O1)c1ncccc1-c1ccccc1-c1c3cccc1-n1c2ccccc2c2ccccc21. The Kier molecular flexibility index (Phi) is 5.60. The van der Waals surface area contributed by atoms with Crippen LogP contribution in [-0.2, 0) is 4.74 Å². The summed E-state index contributed by atoms with van der Waals surface area (Å²) in [6.07, 6.45) is 10.0. The molecule has 0 saturated heterocycles. The lowest BCUT2D eigenvalue weighted by atomic mass is 9.78. The van der Waals surface area contributed by atoms with Crippen LogP contribution < -0.4 is 0 Å². The van der Waals surface area contributed by atoms with Crippen LogP contribution in [0.4, 0.5) is 5.69 Å². The molecular formula is C43H28N3O+. The zero-order chi connectivity index (χ0) is 30.9. The number of hydrogen-bond acceptors (Lipinski definition) is 2. The maximum Gasteiger partial charge on any atom is 0.233 e. The van der Waals surface area contributed by atoms with E-state index in [2.05, 4.69) is 149 Å². The van der Waals surface area contributed by atoms with E-state index in [9.17, 15) is 0 Å². The maximum absolute atomic E-state index is 6.29. The van der Waals surface area contributed by atoms with Crippen LogP contribution in [0, 0.1) is 0 Å². The molecule has 1 aliphatic heterocycles. The molecule has 0 amide bonds. The van der Waals surface area contributed by atoms with Crippen LogP contribution in [-0.4, -0.2) is 25.9 Å². The monoisotopic (exact) mass is 602 g/mol. The highest BCUT2D eigenvalue weighted by Crippen LogP contribution is 2.50. The number of para-hydroxylation sites is 3. The molecule has 10 rings (SSSR count). The molecule has 0 fully saturated rings. The van der Waals surface area contributed by atoms with Crippen LogP contribution >= 0.6 is 0 Å². The summed E-state index contributed by atoms with van der Waals surface area (Å²) in [5.74, 6) is 0. The minimum Gasteiger partial charge on any atom is -0.477 e. The molecule has 0 bridgehead atoms. The van der Waals surface area contributed by atoms with Gasteiger partial charge in [0.25, 0.3) is 0 Å². The van der Waals surface area contributed by atoms with Crippen molar-refractivity contribution in [3.63, 3.8) is 0 Å². The maximum atomic E-state index is 6.29. The molecule has 1 atom stereocenters. The molecule has 5 aromatic carbocycles. The van der Waals surface area contributed by atoms with Gasteiger partial charge in [0, 0.05) is 51.9 Å². The predicted octanol–water partition coefficient (Wildman–Crippen LogP) is 9.96. The van der Waals surface area contributed by atoms with Gasteiger partial charge in [0.1, 0.15) is 6.26 Å². The molecule has 4 heteroatoms. The zero-order valence-corrected chi connectivity index (χ0v) is 25.4. The molecule has 2 aromatic heterocycles. The molecule has 3 heterocycles. The van der Waals surface area contributed by atoms with Crippen molar-refractivity contribution >= 4 is 44.4 Å². The minimum absolute atomic E-state index is 0.257. The summed E-state index contributed by atoms with van der Waals surface area (Å²) in [6, 6.07) is 47.7. The first-order valence-electron chi connectivity index (χ1n) is 16.0. The average molecular weight is 603 g/mol. The number of ether oxygens (including phenoxy) is 1. The largest absolute Gasteiger partial charge is 0.477 e. The molecule has 0 spiro atoms. The normalized spacial score (nSPS) is 16.1. The van der Waals surface area contributed by atoms with E-state index in [4.69, 9.17) is 9.72 Å². The summed E-state index contributed by atoms with van der Waals surface area (Å²) in [4.78, 5) is 5.04. The first-order valence-corrected chi connectivity index (χ1v) is 16.0. The van der Waals surface area contributed by atoms with Crippen molar-refractivity contribution in [1.82, 2.24) is 9.55 Å². The van der Waals surface area contributed by atoms with Crippen LogP contribution in [0.15, 0.2) is 164 Å². The summed E-state index contributed by atoms with van der Waals surface area (Å²) >= 11 is 0. The van der Waals surface area contributed by atoms with Crippen molar-refractivity contribution in [1.29, 1.82) is 0 Å². The van der Waals surface area contributed by atoms with E-state index in [1.807, 2.05) is 18.5 Å². The molecule has 7 aromatic rings. The second-order valence-electron chi connectivity index (χ2n) is 12.1. The van der Waals surface area contributed by atoms with Crippen molar-refractivity contribution in [2.45, 2.75) is 6.10 Å². The lowest BCUT2D eigenvalue weighted by Crippen LogP contribution is -2.31. The Labute approximate surface area is 272 Å². The first kappa shape index (κ1) is 26.0. The Bertz CT molecular complexity index is 2490. The van der Waals surface area contributed by atoms with Crippen molar-refractivity contribution in [3.05, 3.63) is 176 Å². The van der Waals surface area contributed by atoms with E-state index < -0.39 is 0 Å². The van der Waals surface area contributed by atoms with E-state index in [0.29, 0.717) is 0 Å². The lowest BCUT2D eigenvalue weighted by Gasteiger charge is -2.29. The van der Waals surface area contributed by atoms with Gasteiger partial charge in [0.2, 0.25) is 23.7 Å². The summed E-state index contributed by atoms with van der Waals surface area (Å²) in [7, 11) is 0. The van der Waals surface area contributed by atoms with Gasteiger partial charge >= 0.3 is 0 Å². The molecule has 47 heavy (non-hydrogen) atoms. The number of allylic oxidation sites excluding steroid dienone is 2. The second kappa shape index (κ2) is 10.1. The summed E-state index contributed by atoms with van der Waals surface area (Å²) in [5, 5.41) is 2.49. The van der Waals surface area contributed by atoms with Crippen LogP contribution in [0.3, 0.4) is 0 Å². The second-order valence-corrected chi connectivity index (χ2v) is 12.1. The molecule has 3 aliphatic rings. The van der Waals surface area contributed by atoms with Gasteiger partial charge in [0.15, 0.2) is 0 Å². The minimum atomic E-state index is -0.257. The van der Waals surface area contributed by atoms with Gasteiger partial charge in [-0.2, -0.15) is 4.58 Å². The fourth-order valence-electron chi connectivity index (χ4n) is 7.66. The molecule has 2 aliphatic carbocycles.